The molecule has 31 heavy (non-hydrogen) atoms. The highest BCUT2D eigenvalue weighted by molar-refractivity contribution is 5.98. The third-order valence-corrected chi connectivity index (χ3v) is 5.87. The van der Waals surface area contributed by atoms with Gasteiger partial charge in [0.2, 0.25) is 0 Å². The number of halogens is 1. The van der Waals surface area contributed by atoms with Crippen LogP contribution in [0.5, 0.6) is 0 Å². The second-order valence-corrected chi connectivity index (χ2v) is 7.90. The first-order chi connectivity index (χ1) is 15.0. The van der Waals surface area contributed by atoms with Crippen LogP contribution >= 0.6 is 0 Å². The first kappa shape index (κ1) is 21.0. The Bertz CT molecular complexity index is 1030. The molecule has 0 spiro atoms. The van der Waals surface area contributed by atoms with Gasteiger partial charge >= 0.3 is 0 Å². The summed E-state index contributed by atoms with van der Waals surface area (Å²) in [6, 6.07) is 9.83. The average Bonchev–Trinajstić information content (AvgIpc) is 3.21. The zero-order chi connectivity index (χ0) is 21.8. The summed E-state index contributed by atoms with van der Waals surface area (Å²) < 4.78 is 15.0. The zero-order valence-corrected chi connectivity index (χ0v) is 17.2. The molecule has 1 saturated heterocycles. The van der Waals surface area contributed by atoms with Crippen molar-refractivity contribution in [1.82, 2.24) is 19.7 Å². The van der Waals surface area contributed by atoms with Gasteiger partial charge in [0.05, 0.1) is 5.54 Å². The molecule has 1 aromatic carbocycles. The number of anilines is 2. The van der Waals surface area contributed by atoms with Crippen molar-refractivity contribution in [3.8, 4) is 0 Å². The molecule has 1 aliphatic heterocycles. The van der Waals surface area contributed by atoms with Gasteiger partial charge in [-0.2, -0.15) is 5.10 Å². The molecule has 162 valence electrons. The summed E-state index contributed by atoms with van der Waals surface area (Å²) in [5, 5.41) is 7.69. The number of benzene rings is 1. The van der Waals surface area contributed by atoms with E-state index in [1.165, 1.54) is 17.7 Å². The van der Waals surface area contributed by atoms with Crippen molar-refractivity contribution in [2.75, 3.05) is 25.0 Å². The van der Waals surface area contributed by atoms with Crippen LogP contribution < -0.4 is 16.8 Å². The number of carbonyl (C=O) groups is 1. The van der Waals surface area contributed by atoms with E-state index in [-0.39, 0.29) is 11.4 Å². The fraction of sp³-hybridized carbons (Fsp3) is 0.318. The standard InChI is InChI=1S/C22H26FN7O/c23-17-3-5-18(6-4-17)27-21-19(20(25)31)14-30(28-21)22(15-24)7-10-29(11-8-22)13-16-2-1-9-26-12-16/h1-6,9,12,14H,7-8,10-11,13,15,24H2,(H2,25,31)(H,27,28). The van der Waals surface area contributed by atoms with Gasteiger partial charge in [-0.05, 0) is 48.7 Å². The van der Waals surface area contributed by atoms with Crippen molar-refractivity contribution < 1.29 is 9.18 Å². The first-order valence-electron chi connectivity index (χ1n) is 10.2. The number of piperidine rings is 1. The van der Waals surface area contributed by atoms with Gasteiger partial charge in [-0.15, -0.1) is 0 Å². The average molecular weight is 423 g/mol. The number of aromatic nitrogens is 3. The third-order valence-electron chi connectivity index (χ3n) is 5.87. The predicted octanol–water partition coefficient (Wildman–Crippen LogP) is 2.21. The van der Waals surface area contributed by atoms with Gasteiger partial charge in [0.25, 0.3) is 5.91 Å². The molecular formula is C22H26FN7O. The zero-order valence-electron chi connectivity index (χ0n) is 17.2. The lowest BCUT2D eigenvalue weighted by atomic mass is 9.87. The second-order valence-electron chi connectivity index (χ2n) is 7.90. The Morgan fingerprint density at radius 3 is 2.55 bits per heavy atom. The summed E-state index contributed by atoms with van der Waals surface area (Å²) in [6.45, 7) is 2.91. The van der Waals surface area contributed by atoms with Crippen LogP contribution in [0.15, 0.2) is 55.0 Å². The number of rotatable bonds is 7. The van der Waals surface area contributed by atoms with Crippen LogP contribution in [0.2, 0.25) is 0 Å². The normalized spacial score (nSPS) is 16.2. The second kappa shape index (κ2) is 8.83. The fourth-order valence-corrected chi connectivity index (χ4v) is 3.96. The Balaban J connectivity index is 1.53. The lowest BCUT2D eigenvalue weighted by molar-refractivity contribution is 0.0984. The SMILES string of the molecule is NCC1(n2cc(C(N)=O)c(Nc3ccc(F)cc3)n2)CCN(Cc2cccnc2)CC1. The number of carbonyl (C=O) groups excluding carboxylic acids is 1. The van der Waals surface area contributed by atoms with E-state index in [2.05, 4.69) is 26.4 Å². The summed E-state index contributed by atoms with van der Waals surface area (Å²) in [7, 11) is 0. The molecule has 9 heteroatoms. The number of likely N-dealkylation sites (tertiary alicyclic amines) is 1. The highest BCUT2D eigenvalue weighted by Gasteiger charge is 2.37. The Labute approximate surface area is 180 Å². The van der Waals surface area contributed by atoms with E-state index in [0.29, 0.717) is 18.1 Å². The quantitative estimate of drug-likeness (QED) is 0.537. The van der Waals surface area contributed by atoms with Crippen LogP contribution in [0.1, 0.15) is 28.8 Å². The Morgan fingerprint density at radius 1 is 1.19 bits per heavy atom. The maximum absolute atomic E-state index is 13.2. The smallest absolute Gasteiger partial charge is 0.254 e. The Hall–Kier alpha value is -3.30. The van der Waals surface area contributed by atoms with Gasteiger partial charge in [0.1, 0.15) is 11.4 Å². The molecule has 0 unspecified atom stereocenters. The number of hydrogen-bond acceptors (Lipinski definition) is 6. The molecule has 1 aliphatic rings. The number of primary amides is 1. The molecule has 5 N–H and O–H groups in total. The van der Waals surface area contributed by atoms with E-state index in [9.17, 15) is 9.18 Å². The van der Waals surface area contributed by atoms with Crippen molar-refractivity contribution in [2.24, 2.45) is 11.5 Å². The molecule has 0 bridgehead atoms. The van der Waals surface area contributed by atoms with Crippen LogP contribution in [0.25, 0.3) is 0 Å². The van der Waals surface area contributed by atoms with Gasteiger partial charge < -0.3 is 16.8 Å². The topological polar surface area (TPSA) is 115 Å². The number of nitrogens with zero attached hydrogens (tertiary/aromatic N) is 4. The van der Waals surface area contributed by atoms with Crippen molar-refractivity contribution in [2.45, 2.75) is 24.9 Å². The third kappa shape index (κ3) is 4.57. The summed E-state index contributed by atoms with van der Waals surface area (Å²) >= 11 is 0. The minimum Gasteiger partial charge on any atom is -0.365 e. The van der Waals surface area contributed by atoms with Crippen LogP contribution in [0, 0.1) is 5.82 Å². The first-order valence-corrected chi connectivity index (χ1v) is 10.2. The fourth-order valence-electron chi connectivity index (χ4n) is 3.96. The van der Waals surface area contributed by atoms with E-state index < -0.39 is 11.4 Å². The van der Waals surface area contributed by atoms with E-state index in [1.807, 2.05) is 12.3 Å². The number of nitrogens with one attached hydrogen (secondary N) is 1. The number of pyridine rings is 1. The molecule has 0 saturated carbocycles. The van der Waals surface area contributed by atoms with Gasteiger partial charge in [0, 0.05) is 50.5 Å². The van der Waals surface area contributed by atoms with Gasteiger partial charge in [-0.25, -0.2) is 4.39 Å². The van der Waals surface area contributed by atoms with E-state index in [1.54, 1.807) is 29.2 Å². The molecule has 3 heterocycles. The Morgan fingerprint density at radius 2 is 1.94 bits per heavy atom. The molecule has 3 aromatic rings. The molecule has 4 rings (SSSR count). The highest BCUT2D eigenvalue weighted by atomic mass is 19.1. The van der Waals surface area contributed by atoms with E-state index in [0.717, 1.165) is 32.5 Å². The molecule has 8 nitrogen and oxygen atoms in total. The van der Waals surface area contributed by atoms with Crippen LogP contribution in [-0.4, -0.2) is 45.2 Å². The van der Waals surface area contributed by atoms with Crippen LogP contribution in [0.3, 0.4) is 0 Å². The van der Waals surface area contributed by atoms with Gasteiger partial charge in [0.15, 0.2) is 5.82 Å². The Kier molecular flexibility index (Phi) is 5.97. The van der Waals surface area contributed by atoms with Crippen molar-refractivity contribution in [3.05, 3.63) is 71.9 Å². The molecular weight excluding hydrogens is 397 g/mol. The number of hydrogen-bond donors (Lipinski definition) is 3. The van der Waals surface area contributed by atoms with Crippen molar-refractivity contribution >= 4 is 17.4 Å². The highest BCUT2D eigenvalue weighted by Crippen LogP contribution is 2.32. The minimum absolute atomic E-state index is 0.273. The molecule has 1 amide bonds. The lowest BCUT2D eigenvalue weighted by Gasteiger charge is -2.41. The number of nitrogens with two attached hydrogens (primary N) is 2. The predicted molar refractivity (Wildman–Crippen MR) is 116 cm³/mol. The summed E-state index contributed by atoms with van der Waals surface area (Å²) in [5.41, 5.74) is 13.4. The summed E-state index contributed by atoms with van der Waals surface area (Å²) in [4.78, 5) is 18.6. The molecule has 0 aliphatic carbocycles. The van der Waals surface area contributed by atoms with Crippen LogP contribution in [0.4, 0.5) is 15.9 Å². The molecule has 1 fully saturated rings. The molecule has 0 radical (unpaired) electrons. The summed E-state index contributed by atoms with van der Waals surface area (Å²) in [5.74, 6) is -0.590. The lowest BCUT2D eigenvalue weighted by Crippen LogP contribution is -2.50. The monoisotopic (exact) mass is 423 g/mol. The van der Waals surface area contributed by atoms with Crippen molar-refractivity contribution in [3.63, 3.8) is 0 Å². The van der Waals surface area contributed by atoms with Crippen molar-refractivity contribution in [1.29, 1.82) is 0 Å². The van der Waals surface area contributed by atoms with E-state index >= 15 is 0 Å². The van der Waals surface area contributed by atoms with Gasteiger partial charge in [-0.1, -0.05) is 6.07 Å². The van der Waals surface area contributed by atoms with E-state index in [4.69, 9.17) is 11.5 Å². The molecule has 0 atom stereocenters. The minimum atomic E-state index is -0.586. The summed E-state index contributed by atoms with van der Waals surface area (Å²) in [6.07, 6.45) is 6.90. The molecule has 2 aromatic heterocycles. The van der Waals surface area contributed by atoms with Gasteiger partial charge in [-0.3, -0.25) is 19.4 Å². The largest absolute Gasteiger partial charge is 0.365 e. The maximum atomic E-state index is 13.2. The maximum Gasteiger partial charge on any atom is 0.254 e. The number of amides is 1. The van der Waals surface area contributed by atoms with Crippen LogP contribution in [-0.2, 0) is 12.1 Å².